The van der Waals surface area contributed by atoms with Gasteiger partial charge in [0.2, 0.25) is 0 Å². The number of hydrogen-bond acceptors (Lipinski definition) is 6. The average molecular weight is 584 g/mol. The number of aliphatic hydroxyl groups is 1. The highest BCUT2D eigenvalue weighted by atomic mass is 35.5. The monoisotopic (exact) mass is 583 g/mol. The SMILES string of the molecule is CCOc1cc(C2/C(=C(\O)c3ccc(OCc4ccccc4)c(C)c3)C(=O)C(=O)N2c2cccc(Cl)c2C)ccc1O. The number of benzene rings is 4. The average Bonchev–Trinajstić information content (AvgIpc) is 3.25. The lowest BCUT2D eigenvalue weighted by atomic mass is 9.94. The summed E-state index contributed by atoms with van der Waals surface area (Å²) < 4.78 is 11.6. The molecule has 0 aliphatic carbocycles. The fraction of sp³-hybridized carbons (Fsp3) is 0.176. The van der Waals surface area contributed by atoms with Crippen LogP contribution in [0.5, 0.6) is 17.2 Å². The van der Waals surface area contributed by atoms with Gasteiger partial charge in [-0.1, -0.05) is 54.1 Å². The van der Waals surface area contributed by atoms with Gasteiger partial charge >= 0.3 is 0 Å². The van der Waals surface area contributed by atoms with E-state index in [4.69, 9.17) is 21.1 Å². The van der Waals surface area contributed by atoms with Crippen molar-refractivity contribution in [2.75, 3.05) is 11.5 Å². The molecule has 2 N–H and O–H groups in total. The number of ether oxygens (including phenoxy) is 2. The van der Waals surface area contributed by atoms with Gasteiger partial charge in [0, 0.05) is 16.3 Å². The van der Waals surface area contributed by atoms with Crippen LogP contribution < -0.4 is 14.4 Å². The molecular weight excluding hydrogens is 554 g/mol. The van der Waals surface area contributed by atoms with E-state index in [0.29, 0.717) is 46.4 Å². The van der Waals surface area contributed by atoms with Crippen LogP contribution in [0.4, 0.5) is 5.69 Å². The molecule has 4 aromatic rings. The van der Waals surface area contributed by atoms with E-state index in [2.05, 4.69) is 0 Å². The molecule has 0 aromatic heterocycles. The Balaban J connectivity index is 1.61. The maximum atomic E-state index is 13.6. The maximum Gasteiger partial charge on any atom is 0.300 e. The molecule has 0 saturated carbocycles. The van der Waals surface area contributed by atoms with Crippen LogP contribution in [0.2, 0.25) is 5.02 Å². The van der Waals surface area contributed by atoms with Crippen molar-refractivity contribution < 1.29 is 29.3 Å². The quantitative estimate of drug-likeness (QED) is 0.129. The van der Waals surface area contributed by atoms with Crippen molar-refractivity contribution in [3.8, 4) is 17.2 Å². The molecule has 42 heavy (non-hydrogen) atoms. The van der Waals surface area contributed by atoms with Crippen LogP contribution in [-0.2, 0) is 16.2 Å². The van der Waals surface area contributed by atoms with Gasteiger partial charge in [-0.15, -0.1) is 0 Å². The highest BCUT2D eigenvalue weighted by Crippen LogP contribution is 2.45. The second kappa shape index (κ2) is 12.0. The summed E-state index contributed by atoms with van der Waals surface area (Å²) in [5.74, 6) is -1.24. The Bertz CT molecular complexity index is 1700. The Morgan fingerprint density at radius 3 is 2.38 bits per heavy atom. The first-order chi connectivity index (χ1) is 20.2. The lowest BCUT2D eigenvalue weighted by Crippen LogP contribution is -2.30. The van der Waals surface area contributed by atoms with Crippen LogP contribution in [0.1, 0.15) is 40.8 Å². The van der Waals surface area contributed by atoms with Gasteiger partial charge in [-0.2, -0.15) is 0 Å². The van der Waals surface area contributed by atoms with Crippen molar-refractivity contribution in [1.29, 1.82) is 0 Å². The minimum Gasteiger partial charge on any atom is -0.507 e. The van der Waals surface area contributed by atoms with Crippen LogP contribution in [-0.4, -0.2) is 28.5 Å². The zero-order chi connectivity index (χ0) is 30.0. The molecule has 4 aromatic carbocycles. The summed E-state index contributed by atoms with van der Waals surface area (Å²) in [6.07, 6.45) is 0. The molecule has 1 saturated heterocycles. The molecule has 1 aliphatic heterocycles. The fourth-order valence-corrected chi connectivity index (χ4v) is 5.24. The van der Waals surface area contributed by atoms with E-state index in [9.17, 15) is 19.8 Å². The Morgan fingerprint density at radius 1 is 0.905 bits per heavy atom. The zero-order valence-electron chi connectivity index (χ0n) is 23.4. The smallest absolute Gasteiger partial charge is 0.300 e. The fourth-order valence-electron chi connectivity index (χ4n) is 5.07. The molecule has 1 atom stereocenters. The summed E-state index contributed by atoms with van der Waals surface area (Å²) in [6, 6.07) is 23.5. The summed E-state index contributed by atoms with van der Waals surface area (Å²) in [5, 5.41) is 22.4. The Labute approximate surface area is 249 Å². The van der Waals surface area contributed by atoms with E-state index in [-0.39, 0.29) is 22.8 Å². The minimum absolute atomic E-state index is 0.0850. The van der Waals surface area contributed by atoms with Crippen molar-refractivity contribution in [3.05, 3.63) is 123 Å². The Kier molecular flexibility index (Phi) is 8.22. The molecular formula is C34H30ClNO6. The normalized spacial score (nSPS) is 16.1. The topological polar surface area (TPSA) is 96.3 Å². The predicted molar refractivity (Wildman–Crippen MR) is 162 cm³/mol. The summed E-state index contributed by atoms with van der Waals surface area (Å²) in [6.45, 7) is 6.05. The van der Waals surface area contributed by atoms with Crippen molar-refractivity contribution in [2.45, 2.75) is 33.4 Å². The van der Waals surface area contributed by atoms with E-state index in [1.54, 1.807) is 62.4 Å². The van der Waals surface area contributed by atoms with Crippen LogP contribution in [0.15, 0.2) is 90.5 Å². The van der Waals surface area contributed by atoms with Gasteiger partial charge in [0.25, 0.3) is 11.7 Å². The Morgan fingerprint density at radius 2 is 1.67 bits per heavy atom. The van der Waals surface area contributed by atoms with E-state index in [1.165, 1.54) is 11.0 Å². The molecule has 1 heterocycles. The first-order valence-electron chi connectivity index (χ1n) is 13.5. The number of nitrogens with zero attached hydrogens (tertiary/aromatic N) is 1. The lowest BCUT2D eigenvalue weighted by Gasteiger charge is -2.27. The Hall–Kier alpha value is -4.75. The van der Waals surface area contributed by atoms with Crippen LogP contribution in [0, 0.1) is 13.8 Å². The molecule has 1 fully saturated rings. The molecule has 5 rings (SSSR count). The number of carbonyl (C=O) groups is 2. The van der Waals surface area contributed by atoms with E-state index in [1.807, 2.05) is 37.3 Å². The summed E-state index contributed by atoms with van der Waals surface area (Å²) >= 11 is 6.40. The number of carbonyl (C=O) groups excluding carboxylic acids is 2. The van der Waals surface area contributed by atoms with Gasteiger partial charge in [0.05, 0.1) is 18.2 Å². The third kappa shape index (κ3) is 5.43. The predicted octanol–water partition coefficient (Wildman–Crippen LogP) is 7.27. The van der Waals surface area contributed by atoms with Gasteiger partial charge in [-0.05, 0) is 85.5 Å². The number of aromatic hydroxyl groups is 1. The number of halogens is 1. The molecule has 0 radical (unpaired) electrons. The van der Waals surface area contributed by atoms with Crippen LogP contribution in [0.3, 0.4) is 0 Å². The van der Waals surface area contributed by atoms with Crippen molar-refractivity contribution in [3.63, 3.8) is 0 Å². The molecule has 8 heteroatoms. The lowest BCUT2D eigenvalue weighted by molar-refractivity contribution is -0.132. The number of rotatable bonds is 8. The van der Waals surface area contributed by atoms with Gasteiger partial charge in [-0.25, -0.2) is 0 Å². The van der Waals surface area contributed by atoms with Crippen molar-refractivity contribution in [2.24, 2.45) is 0 Å². The number of hydrogen-bond donors (Lipinski definition) is 2. The number of ketones is 1. The van der Waals surface area contributed by atoms with Gasteiger partial charge in [0.1, 0.15) is 18.1 Å². The molecule has 0 bridgehead atoms. The molecule has 1 unspecified atom stereocenters. The number of anilines is 1. The largest absolute Gasteiger partial charge is 0.507 e. The molecule has 214 valence electrons. The number of amides is 1. The second-order valence-electron chi connectivity index (χ2n) is 9.97. The first-order valence-corrected chi connectivity index (χ1v) is 13.9. The van der Waals surface area contributed by atoms with Crippen molar-refractivity contribution in [1.82, 2.24) is 0 Å². The number of Topliss-reactive ketones (excluding diaryl/α,β-unsaturated/α-hetero) is 1. The van der Waals surface area contributed by atoms with Gasteiger partial charge in [0.15, 0.2) is 11.5 Å². The summed E-state index contributed by atoms with van der Waals surface area (Å²) in [4.78, 5) is 28.6. The van der Waals surface area contributed by atoms with Crippen LogP contribution in [0.25, 0.3) is 5.76 Å². The maximum absolute atomic E-state index is 13.6. The van der Waals surface area contributed by atoms with E-state index >= 15 is 0 Å². The number of phenolic OH excluding ortho intramolecular Hbond substituents is 1. The van der Waals surface area contributed by atoms with E-state index < -0.39 is 17.7 Å². The minimum atomic E-state index is -1.02. The molecule has 7 nitrogen and oxygen atoms in total. The standard InChI is InChI=1S/C34H30ClNO6/c1-4-41-29-18-23(13-15-27(29)37)31-30(33(39)34(40)36(31)26-12-8-11-25(35)21(26)3)32(38)24-14-16-28(20(2)17-24)42-19-22-9-6-5-7-10-22/h5-18,31,37-38H,4,19H2,1-3H3/b32-30+. The molecule has 1 aliphatic rings. The summed E-state index contributed by atoms with van der Waals surface area (Å²) in [5.41, 5.74) is 3.52. The van der Waals surface area contributed by atoms with Crippen LogP contribution >= 0.6 is 11.6 Å². The van der Waals surface area contributed by atoms with Gasteiger partial charge in [-0.3, -0.25) is 14.5 Å². The first kappa shape index (κ1) is 28.8. The third-order valence-corrected chi connectivity index (χ3v) is 7.64. The zero-order valence-corrected chi connectivity index (χ0v) is 24.2. The number of phenols is 1. The third-order valence-electron chi connectivity index (χ3n) is 7.23. The van der Waals surface area contributed by atoms with Crippen molar-refractivity contribution >= 4 is 34.7 Å². The number of aryl methyl sites for hydroxylation is 1. The second-order valence-corrected chi connectivity index (χ2v) is 10.4. The number of aliphatic hydroxyl groups excluding tert-OH is 1. The van der Waals surface area contributed by atoms with E-state index in [0.717, 1.165) is 11.1 Å². The summed E-state index contributed by atoms with van der Waals surface area (Å²) in [7, 11) is 0. The highest BCUT2D eigenvalue weighted by Gasteiger charge is 2.47. The van der Waals surface area contributed by atoms with Gasteiger partial charge < -0.3 is 19.7 Å². The molecule has 1 amide bonds. The highest BCUT2D eigenvalue weighted by molar-refractivity contribution is 6.52. The molecule has 0 spiro atoms.